The summed E-state index contributed by atoms with van der Waals surface area (Å²) in [4.78, 5) is 23.3. The van der Waals surface area contributed by atoms with E-state index in [2.05, 4.69) is 19.2 Å². The molecule has 0 aromatic carbocycles. The molecule has 4 N–H and O–H groups in total. The Morgan fingerprint density at radius 2 is 1.95 bits per heavy atom. The molecular weight excluding hydrogens is 256 g/mol. The van der Waals surface area contributed by atoms with Crippen LogP contribution in [-0.2, 0) is 9.59 Å². The summed E-state index contributed by atoms with van der Waals surface area (Å²) in [5, 5.41) is 12.1. The van der Waals surface area contributed by atoms with Gasteiger partial charge in [0.25, 0.3) is 0 Å². The van der Waals surface area contributed by atoms with Crippen LogP contribution in [0.25, 0.3) is 0 Å². The second-order valence-electron chi connectivity index (χ2n) is 6.34. The fourth-order valence-electron chi connectivity index (χ4n) is 3.06. The van der Waals surface area contributed by atoms with Crippen LogP contribution in [0.15, 0.2) is 0 Å². The van der Waals surface area contributed by atoms with E-state index in [1.807, 2.05) is 0 Å². The van der Waals surface area contributed by atoms with E-state index < -0.39 is 11.9 Å². The summed E-state index contributed by atoms with van der Waals surface area (Å²) in [6.45, 7) is 4.73. The highest BCUT2D eigenvalue weighted by atomic mass is 16.4. The first kappa shape index (κ1) is 17.0. The first-order valence-electron chi connectivity index (χ1n) is 7.66. The molecule has 1 fully saturated rings. The van der Waals surface area contributed by atoms with Crippen LogP contribution < -0.4 is 11.1 Å². The maximum absolute atomic E-state index is 12.1. The molecule has 0 spiro atoms. The Balaban J connectivity index is 2.48. The maximum atomic E-state index is 12.1. The van der Waals surface area contributed by atoms with E-state index in [9.17, 15) is 14.7 Å². The number of rotatable bonds is 7. The second kappa shape index (κ2) is 8.25. The minimum Gasteiger partial charge on any atom is -0.481 e. The zero-order valence-corrected chi connectivity index (χ0v) is 12.6. The molecule has 0 saturated heterocycles. The molecule has 1 aliphatic rings. The zero-order chi connectivity index (χ0) is 15.1. The van der Waals surface area contributed by atoms with Gasteiger partial charge in [-0.25, -0.2) is 0 Å². The largest absolute Gasteiger partial charge is 0.481 e. The third-order valence-electron chi connectivity index (χ3n) is 4.04. The normalized spacial score (nSPS) is 24.4. The lowest BCUT2D eigenvalue weighted by molar-refractivity contribution is -0.144. The average Bonchev–Trinajstić information content (AvgIpc) is 2.37. The Morgan fingerprint density at radius 3 is 2.50 bits per heavy atom. The van der Waals surface area contributed by atoms with E-state index in [0.717, 1.165) is 25.7 Å². The van der Waals surface area contributed by atoms with Crippen LogP contribution in [0, 0.1) is 17.8 Å². The fraction of sp³-hybridized carbons (Fsp3) is 0.867. The van der Waals surface area contributed by atoms with Gasteiger partial charge in [0.15, 0.2) is 0 Å². The highest BCUT2D eigenvalue weighted by Crippen LogP contribution is 2.25. The van der Waals surface area contributed by atoms with Gasteiger partial charge in [0.2, 0.25) is 5.91 Å². The predicted octanol–water partition coefficient (Wildman–Crippen LogP) is 1.76. The average molecular weight is 284 g/mol. The van der Waals surface area contributed by atoms with Crippen LogP contribution in [-0.4, -0.2) is 29.6 Å². The van der Waals surface area contributed by atoms with Crippen molar-refractivity contribution in [3.8, 4) is 0 Å². The maximum Gasteiger partial charge on any atom is 0.308 e. The van der Waals surface area contributed by atoms with Crippen molar-refractivity contribution in [3.05, 3.63) is 0 Å². The SMILES string of the molecule is CC(C)C[C@H](CN)CC(=O)NC1CCCCC1C(=O)O. The number of nitrogens with one attached hydrogen (secondary N) is 1. The molecule has 0 radical (unpaired) electrons. The van der Waals surface area contributed by atoms with Crippen LogP contribution in [0.1, 0.15) is 52.4 Å². The smallest absolute Gasteiger partial charge is 0.308 e. The Kier molecular flexibility index (Phi) is 6.99. The number of nitrogens with two attached hydrogens (primary N) is 1. The van der Waals surface area contributed by atoms with Crippen molar-refractivity contribution in [2.24, 2.45) is 23.5 Å². The molecule has 20 heavy (non-hydrogen) atoms. The van der Waals surface area contributed by atoms with Crippen molar-refractivity contribution in [2.45, 2.75) is 58.4 Å². The molecule has 5 nitrogen and oxygen atoms in total. The molecule has 0 aromatic heterocycles. The number of hydrogen-bond donors (Lipinski definition) is 3. The summed E-state index contributed by atoms with van der Waals surface area (Å²) in [5.74, 6) is -0.597. The monoisotopic (exact) mass is 284 g/mol. The molecule has 0 aliphatic heterocycles. The Bertz CT molecular complexity index is 331. The quantitative estimate of drug-likeness (QED) is 0.664. The standard InChI is InChI=1S/C15H28N2O3/c1-10(2)7-11(9-16)8-14(18)17-13-6-4-3-5-12(13)15(19)20/h10-13H,3-9,16H2,1-2H3,(H,17,18)(H,19,20)/t11-,12?,13?/m0/s1. The molecule has 0 bridgehead atoms. The van der Waals surface area contributed by atoms with Crippen LogP contribution in [0.4, 0.5) is 0 Å². The number of carbonyl (C=O) groups excluding carboxylic acids is 1. The molecule has 2 unspecified atom stereocenters. The summed E-state index contributed by atoms with van der Waals surface area (Å²) >= 11 is 0. The number of hydrogen-bond acceptors (Lipinski definition) is 3. The minimum atomic E-state index is -0.799. The molecule has 116 valence electrons. The number of carboxylic acids is 1. The van der Waals surface area contributed by atoms with Crippen molar-refractivity contribution in [1.29, 1.82) is 0 Å². The van der Waals surface area contributed by atoms with Gasteiger partial charge >= 0.3 is 5.97 Å². The van der Waals surface area contributed by atoms with E-state index in [0.29, 0.717) is 25.3 Å². The van der Waals surface area contributed by atoms with Gasteiger partial charge in [0, 0.05) is 12.5 Å². The predicted molar refractivity (Wildman–Crippen MR) is 78.1 cm³/mol. The number of aliphatic carboxylic acids is 1. The van der Waals surface area contributed by atoms with Gasteiger partial charge in [0.1, 0.15) is 0 Å². The zero-order valence-electron chi connectivity index (χ0n) is 12.6. The highest BCUT2D eigenvalue weighted by molar-refractivity contribution is 5.78. The molecule has 1 amide bonds. The number of carbonyl (C=O) groups is 2. The summed E-state index contributed by atoms with van der Waals surface area (Å²) in [6.07, 6.45) is 4.67. The Hall–Kier alpha value is -1.10. The van der Waals surface area contributed by atoms with Crippen LogP contribution in [0.5, 0.6) is 0 Å². The third kappa shape index (κ3) is 5.49. The van der Waals surface area contributed by atoms with Crippen LogP contribution >= 0.6 is 0 Å². The van der Waals surface area contributed by atoms with E-state index in [1.54, 1.807) is 0 Å². The van der Waals surface area contributed by atoms with Crippen molar-refractivity contribution in [2.75, 3.05) is 6.54 Å². The molecule has 3 atom stereocenters. The van der Waals surface area contributed by atoms with Crippen molar-refractivity contribution in [3.63, 3.8) is 0 Å². The van der Waals surface area contributed by atoms with Gasteiger partial charge in [-0.15, -0.1) is 0 Å². The Labute approximate surface area is 121 Å². The lowest BCUT2D eigenvalue weighted by Gasteiger charge is -2.29. The van der Waals surface area contributed by atoms with Gasteiger partial charge in [-0.1, -0.05) is 26.7 Å². The summed E-state index contributed by atoms with van der Waals surface area (Å²) in [6, 6.07) is -0.216. The highest BCUT2D eigenvalue weighted by Gasteiger charge is 2.32. The number of carboxylic acid groups (broad SMARTS) is 1. The molecule has 0 aromatic rings. The topological polar surface area (TPSA) is 92.4 Å². The minimum absolute atomic E-state index is 0.0563. The number of amides is 1. The molecule has 0 heterocycles. The van der Waals surface area contributed by atoms with E-state index in [-0.39, 0.29) is 17.9 Å². The van der Waals surface area contributed by atoms with E-state index >= 15 is 0 Å². The van der Waals surface area contributed by atoms with Gasteiger partial charge in [-0.2, -0.15) is 0 Å². The first-order valence-corrected chi connectivity index (χ1v) is 7.66. The molecule has 1 aliphatic carbocycles. The molecular formula is C15H28N2O3. The molecule has 1 saturated carbocycles. The van der Waals surface area contributed by atoms with Gasteiger partial charge < -0.3 is 16.2 Å². The second-order valence-corrected chi connectivity index (χ2v) is 6.34. The van der Waals surface area contributed by atoms with Gasteiger partial charge in [-0.05, 0) is 37.6 Å². The Morgan fingerprint density at radius 1 is 1.30 bits per heavy atom. The lowest BCUT2D eigenvalue weighted by atomic mass is 9.84. The fourth-order valence-corrected chi connectivity index (χ4v) is 3.06. The van der Waals surface area contributed by atoms with Gasteiger partial charge in [-0.3, -0.25) is 9.59 Å². The molecule has 1 rings (SSSR count). The van der Waals surface area contributed by atoms with Crippen molar-refractivity contribution >= 4 is 11.9 Å². The third-order valence-corrected chi connectivity index (χ3v) is 4.04. The summed E-state index contributed by atoms with van der Waals surface area (Å²) in [5.41, 5.74) is 5.70. The van der Waals surface area contributed by atoms with E-state index in [4.69, 9.17) is 5.73 Å². The van der Waals surface area contributed by atoms with Crippen LogP contribution in [0.2, 0.25) is 0 Å². The first-order chi connectivity index (χ1) is 9.43. The van der Waals surface area contributed by atoms with E-state index in [1.165, 1.54) is 0 Å². The summed E-state index contributed by atoms with van der Waals surface area (Å²) in [7, 11) is 0. The van der Waals surface area contributed by atoms with Crippen molar-refractivity contribution in [1.82, 2.24) is 5.32 Å². The van der Waals surface area contributed by atoms with Crippen molar-refractivity contribution < 1.29 is 14.7 Å². The van der Waals surface area contributed by atoms with Crippen LogP contribution in [0.3, 0.4) is 0 Å². The summed E-state index contributed by atoms with van der Waals surface area (Å²) < 4.78 is 0. The van der Waals surface area contributed by atoms with Gasteiger partial charge in [0.05, 0.1) is 5.92 Å². The molecule has 5 heteroatoms. The lowest BCUT2D eigenvalue weighted by Crippen LogP contribution is -2.45.